The lowest BCUT2D eigenvalue weighted by Gasteiger charge is -2.24. The van der Waals surface area contributed by atoms with Crippen LogP contribution in [0.3, 0.4) is 0 Å². The van der Waals surface area contributed by atoms with Crippen molar-refractivity contribution >= 4 is 11.5 Å². The zero-order valence-electron chi connectivity index (χ0n) is 12.7. The average Bonchev–Trinajstić information content (AvgIpc) is 3.11. The lowest BCUT2D eigenvalue weighted by Crippen LogP contribution is -2.15. The highest BCUT2D eigenvalue weighted by molar-refractivity contribution is 5.89. The lowest BCUT2D eigenvalue weighted by atomic mass is 9.79. The maximum atomic E-state index is 11.1. The van der Waals surface area contributed by atoms with Crippen LogP contribution in [0.1, 0.15) is 16.2 Å². The van der Waals surface area contributed by atoms with E-state index in [1.165, 1.54) is 12.1 Å². The number of aromatic carboxylic acids is 1. The van der Waals surface area contributed by atoms with Gasteiger partial charge in [-0.15, -0.1) is 10.2 Å². The fourth-order valence-electron chi connectivity index (χ4n) is 2.97. The Kier molecular flexibility index (Phi) is 3.46. The molecule has 24 heavy (non-hydrogen) atoms. The van der Waals surface area contributed by atoms with E-state index in [0.717, 1.165) is 5.57 Å². The Labute approximate surface area is 138 Å². The third kappa shape index (κ3) is 2.50. The molecule has 5 heteroatoms. The fourth-order valence-corrected chi connectivity index (χ4v) is 2.97. The van der Waals surface area contributed by atoms with Gasteiger partial charge in [-0.3, -0.25) is 0 Å². The Bertz CT molecular complexity index is 918. The molecule has 0 spiro atoms. The lowest BCUT2D eigenvalue weighted by molar-refractivity contribution is 0.0697. The highest BCUT2D eigenvalue weighted by atomic mass is 16.4. The zero-order chi connectivity index (χ0) is 16.5. The summed E-state index contributed by atoms with van der Waals surface area (Å²) in [6.07, 6.45) is 14.4. The van der Waals surface area contributed by atoms with Crippen molar-refractivity contribution in [3.63, 3.8) is 0 Å². The third-order valence-corrected chi connectivity index (χ3v) is 4.17. The van der Waals surface area contributed by atoms with Gasteiger partial charge >= 0.3 is 5.97 Å². The zero-order valence-corrected chi connectivity index (χ0v) is 12.7. The quantitative estimate of drug-likeness (QED) is 0.932. The van der Waals surface area contributed by atoms with E-state index >= 15 is 0 Å². The van der Waals surface area contributed by atoms with Gasteiger partial charge in [0.15, 0.2) is 0 Å². The fraction of sp³-hybridized carbons (Fsp3) is 0.105. The molecule has 2 unspecified atom stereocenters. The van der Waals surface area contributed by atoms with Gasteiger partial charge in [0, 0.05) is 23.0 Å². The molecule has 4 rings (SSSR count). The molecule has 2 aliphatic carbocycles. The number of fused-ring (bicyclic) bond motifs is 1. The molecule has 1 heterocycles. The first-order chi connectivity index (χ1) is 11.7. The highest BCUT2D eigenvalue weighted by Gasteiger charge is 2.27. The number of allylic oxidation sites excluding steroid dienone is 8. The minimum atomic E-state index is -0.987. The molecule has 1 aromatic heterocycles. The van der Waals surface area contributed by atoms with E-state index in [1.807, 2.05) is 24.3 Å². The second-order valence-corrected chi connectivity index (χ2v) is 5.68. The van der Waals surface area contributed by atoms with Crippen molar-refractivity contribution in [2.75, 3.05) is 0 Å². The smallest absolute Gasteiger partial charge is 0.335 e. The molecule has 2 aromatic rings. The number of hydrogen-bond donors (Lipinski definition) is 1. The Balaban J connectivity index is 1.68. The molecule has 0 bridgehead atoms. The molecule has 0 saturated carbocycles. The summed E-state index contributed by atoms with van der Waals surface area (Å²) in [5, 5.41) is 17.3. The number of nitrogens with zero attached hydrogens (tertiary/aromatic N) is 2. The van der Waals surface area contributed by atoms with Crippen LogP contribution in [0.25, 0.3) is 17.0 Å². The van der Waals surface area contributed by atoms with Gasteiger partial charge in [-0.1, -0.05) is 48.6 Å². The molecule has 2 atom stereocenters. The van der Waals surface area contributed by atoms with Crippen LogP contribution >= 0.6 is 0 Å². The summed E-state index contributed by atoms with van der Waals surface area (Å²) in [5.74, 6) is 0.262. The van der Waals surface area contributed by atoms with Crippen LogP contribution in [0.4, 0.5) is 0 Å². The largest absolute Gasteiger partial charge is 0.478 e. The number of carboxylic acids is 1. The number of rotatable bonds is 3. The van der Waals surface area contributed by atoms with E-state index in [1.54, 1.807) is 12.1 Å². The van der Waals surface area contributed by atoms with E-state index in [4.69, 9.17) is 9.52 Å². The molecule has 0 aliphatic heterocycles. The van der Waals surface area contributed by atoms with Gasteiger partial charge < -0.3 is 9.52 Å². The summed E-state index contributed by atoms with van der Waals surface area (Å²) in [5.41, 5.74) is 1.75. The second-order valence-electron chi connectivity index (χ2n) is 5.68. The number of aromatic nitrogens is 2. The molecule has 0 saturated heterocycles. The van der Waals surface area contributed by atoms with Gasteiger partial charge in [-0.2, -0.15) is 0 Å². The molecular weight excluding hydrogens is 304 g/mol. The Morgan fingerprint density at radius 2 is 1.83 bits per heavy atom. The topological polar surface area (TPSA) is 76.2 Å². The van der Waals surface area contributed by atoms with Gasteiger partial charge in [0.1, 0.15) is 0 Å². The Hall–Kier alpha value is -3.21. The molecule has 2 aliphatic rings. The third-order valence-electron chi connectivity index (χ3n) is 4.17. The first kappa shape index (κ1) is 14.4. The van der Waals surface area contributed by atoms with Crippen LogP contribution in [-0.2, 0) is 0 Å². The van der Waals surface area contributed by atoms with Crippen molar-refractivity contribution < 1.29 is 14.3 Å². The van der Waals surface area contributed by atoms with Gasteiger partial charge in [0.05, 0.1) is 5.56 Å². The van der Waals surface area contributed by atoms with Gasteiger partial charge in [0.2, 0.25) is 11.8 Å². The van der Waals surface area contributed by atoms with Crippen LogP contribution in [0.5, 0.6) is 0 Å². The monoisotopic (exact) mass is 318 g/mol. The van der Waals surface area contributed by atoms with Gasteiger partial charge in [0.25, 0.3) is 0 Å². The van der Waals surface area contributed by atoms with Gasteiger partial charge in [-0.25, -0.2) is 4.79 Å². The highest BCUT2D eigenvalue weighted by Crippen LogP contribution is 2.37. The summed E-state index contributed by atoms with van der Waals surface area (Å²) in [7, 11) is 0. The van der Waals surface area contributed by atoms with Crippen LogP contribution in [-0.4, -0.2) is 21.3 Å². The normalized spacial score (nSPS) is 21.4. The second kappa shape index (κ2) is 5.77. The van der Waals surface area contributed by atoms with Crippen LogP contribution < -0.4 is 0 Å². The van der Waals surface area contributed by atoms with Crippen molar-refractivity contribution in [1.29, 1.82) is 0 Å². The average molecular weight is 318 g/mol. The van der Waals surface area contributed by atoms with E-state index in [-0.39, 0.29) is 11.5 Å². The molecule has 0 fully saturated rings. The minimum Gasteiger partial charge on any atom is -0.478 e. The van der Waals surface area contributed by atoms with E-state index in [0.29, 0.717) is 23.3 Å². The summed E-state index contributed by atoms with van der Waals surface area (Å²) >= 11 is 0. The first-order valence-electron chi connectivity index (χ1n) is 7.63. The number of hydrogen-bond acceptors (Lipinski definition) is 4. The predicted molar refractivity (Wildman–Crippen MR) is 89.1 cm³/mol. The summed E-state index contributed by atoms with van der Waals surface area (Å²) in [6.45, 7) is 0. The molecule has 0 radical (unpaired) electrons. The molecule has 0 amide bonds. The summed E-state index contributed by atoms with van der Waals surface area (Å²) < 4.78 is 5.82. The van der Waals surface area contributed by atoms with Crippen molar-refractivity contribution in [2.45, 2.75) is 0 Å². The summed E-state index contributed by atoms with van der Waals surface area (Å²) in [4.78, 5) is 11.1. The Morgan fingerprint density at radius 3 is 2.71 bits per heavy atom. The maximum Gasteiger partial charge on any atom is 0.335 e. The van der Waals surface area contributed by atoms with Crippen molar-refractivity contribution in [3.8, 4) is 11.5 Å². The van der Waals surface area contributed by atoms with Crippen LogP contribution in [0.2, 0.25) is 0 Å². The molecule has 1 N–H and O–H groups in total. The van der Waals surface area contributed by atoms with Crippen molar-refractivity contribution in [1.82, 2.24) is 10.2 Å². The SMILES string of the molecule is O=C(O)c1cccc(-c2nnc(C3=CC=CC4C=CC=CC34)o2)c1. The predicted octanol–water partition coefficient (Wildman–Crippen LogP) is 3.75. The van der Waals surface area contributed by atoms with E-state index < -0.39 is 5.97 Å². The number of benzene rings is 1. The van der Waals surface area contributed by atoms with Crippen molar-refractivity contribution in [3.05, 3.63) is 78.3 Å². The Morgan fingerprint density at radius 1 is 1.04 bits per heavy atom. The van der Waals surface area contributed by atoms with Crippen molar-refractivity contribution in [2.24, 2.45) is 11.8 Å². The van der Waals surface area contributed by atoms with E-state index in [2.05, 4.69) is 28.4 Å². The van der Waals surface area contributed by atoms with E-state index in [9.17, 15) is 4.79 Å². The molecule has 118 valence electrons. The first-order valence-corrected chi connectivity index (χ1v) is 7.63. The maximum absolute atomic E-state index is 11.1. The standard InChI is InChI=1S/C19H14N2O3/c22-19(23)14-8-3-7-13(11-14)17-20-21-18(24-17)16-10-4-6-12-5-1-2-9-15(12)16/h1-12,15H,(H,22,23). The minimum absolute atomic E-state index is 0.179. The molecule has 5 nitrogen and oxygen atoms in total. The number of carboxylic acid groups (broad SMARTS) is 1. The van der Waals surface area contributed by atoms with Crippen LogP contribution in [0, 0.1) is 11.8 Å². The number of carbonyl (C=O) groups is 1. The van der Waals surface area contributed by atoms with Crippen LogP contribution in [0.15, 0.2) is 71.2 Å². The van der Waals surface area contributed by atoms with Gasteiger partial charge in [-0.05, 0) is 18.2 Å². The summed E-state index contributed by atoms with van der Waals surface area (Å²) in [6, 6.07) is 6.48. The molecule has 1 aromatic carbocycles. The molecular formula is C19H14N2O3.